The second-order valence-corrected chi connectivity index (χ2v) is 5.72. The fraction of sp³-hybridized carbons (Fsp3) is 0.500. The molecule has 0 aliphatic rings. The van der Waals surface area contributed by atoms with Gasteiger partial charge < -0.3 is 10.3 Å². The number of hydrogen-bond acceptors (Lipinski definition) is 2. The smallest absolute Gasteiger partial charge is 0.252 e. The molecule has 0 aliphatic carbocycles. The van der Waals surface area contributed by atoms with Crippen molar-refractivity contribution in [1.29, 1.82) is 0 Å². The molecule has 3 heteroatoms. The Morgan fingerprint density at radius 2 is 1.95 bits per heavy atom. The fourth-order valence-electron chi connectivity index (χ4n) is 2.73. The molecule has 0 bridgehead atoms. The first-order chi connectivity index (χ1) is 10.2. The van der Waals surface area contributed by atoms with E-state index in [0.717, 1.165) is 16.5 Å². The third kappa shape index (κ3) is 4.43. The Kier molecular flexibility index (Phi) is 6.00. The van der Waals surface area contributed by atoms with Crippen molar-refractivity contribution < 1.29 is 0 Å². The Morgan fingerprint density at radius 3 is 2.71 bits per heavy atom. The van der Waals surface area contributed by atoms with Gasteiger partial charge in [0.2, 0.25) is 0 Å². The predicted molar refractivity (Wildman–Crippen MR) is 89.6 cm³/mol. The minimum absolute atomic E-state index is 0.0203. The summed E-state index contributed by atoms with van der Waals surface area (Å²) in [5, 5.41) is 4.65. The Bertz CT molecular complexity index is 618. The van der Waals surface area contributed by atoms with Gasteiger partial charge >= 0.3 is 0 Å². The minimum Gasteiger partial charge on any atom is -0.322 e. The van der Waals surface area contributed by atoms with Crippen LogP contribution in [-0.4, -0.2) is 11.0 Å². The summed E-state index contributed by atoms with van der Waals surface area (Å²) in [6, 6.07) is 10.4. The number of H-pyrrole nitrogens is 1. The lowest BCUT2D eigenvalue weighted by atomic mass is 10.0. The summed E-state index contributed by atoms with van der Waals surface area (Å²) in [7, 11) is 0. The maximum Gasteiger partial charge on any atom is 0.252 e. The Balaban J connectivity index is 2.07. The number of benzene rings is 1. The van der Waals surface area contributed by atoms with Crippen LogP contribution >= 0.6 is 0 Å². The highest BCUT2D eigenvalue weighted by Gasteiger charge is 2.08. The predicted octanol–water partition coefficient (Wildman–Crippen LogP) is 3.98. The number of aromatic nitrogens is 1. The Morgan fingerprint density at radius 1 is 1.14 bits per heavy atom. The molecule has 21 heavy (non-hydrogen) atoms. The van der Waals surface area contributed by atoms with Gasteiger partial charge in [0.25, 0.3) is 5.56 Å². The zero-order valence-corrected chi connectivity index (χ0v) is 13.1. The summed E-state index contributed by atoms with van der Waals surface area (Å²) in [5.74, 6) is 0. The number of hydrogen-bond donors (Lipinski definition) is 2. The monoisotopic (exact) mass is 286 g/mol. The van der Waals surface area contributed by atoms with Crippen molar-refractivity contribution in [2.75, 3.05) is 0 Å². The SMILES string of the molecule is CCCCC(CCC)NCc1cc2ccccc2[nH]c1=O. The van der Waals surface area contributed by atoms with Crippen LogP contribution in [0.4, 0.5) is 0 Å². The molecule has 1 heterocycles. The minimum atomic E-state index is 0.0203. The Hall–Kier alpha value is -1.61. The number of pyridine rings is 1. The van der Waals surface area contributed by atoms with Crippen LogP contribution < -0.4 is 10.9 Å². The van der Waals surface area contributed by atoms with E-state index in [1.54, 1.807) is 0 Å². The van der Waals surface area contributed by atoms with E-state index >= 15 is 0 Å². The van der Waals surface area contributed by atoms with Crippen LogP contribution in [0.25, 0.3) is 10.9 Å². The number of nitrogens with one attached hydrogen (secondary N) is 2. The number of fused-ring (bicyclic) bond motifs is 1. The van der Waals surface area contributed by atoms with E-state index in [1.807, 2.05) is 30.3 Å². The molecule has 2 aromatic rings. The summed E-state index contributed by atoms with van der Waals surface area (Å²) < 4.78 is 0. The summed E-state index contributed by atoms with van der Waals surface area (Å²) in [6.45, 7) is 5.08. The average molecular weight is 286 g/mol. The topological polar surface area (TPSA) is 44.9 Å². The van der Waals surface area contributed by atoms with Crippen LogP contribution in [-0.2, 0) is 6.54 Å². The second-order valence-electron chi connectivity index (χ2n) is 5.72. The number of unbranched alkanes of at least 4 members (excludes halogenated alkanes) is 1. The molecule has 114 valence electrons. The van der Waals surface area contributed by atoms with Crippen LogP contribution in [0.15, 0.2) is 35.1 Å². The van der Waals surface area contributed by atoms with E-state index in [0.29, 0.717) is 12.6 Å². The van der Waals surface area contributed by atoms with Crippen molar-refractivity contribution in [3.8, 4) is 0 Å². The molecule has 0 saturated carbocycles. The van der Waals surface area contributed by atoms with Gasteiger partial charge in [0, 0.05) is 23.7 Å². The van der Waals surface area contributed by atoms with Crippen molar-refractivity contribution in [1.82, 2.24) is 10.3 Å². The van der Waals surface area contributed by atoms with Crippen molar-refractivity contribution in [3.63, 3.8) is 0 Å². The van der Waals surface area contributed by atoms with E-state index < -0.39 is 0 Å². The summed E-state index contributed by atoms with van der Waals surface area (Å²) in [5.41, 5.74) is 1.75. The molecule has 1 aromatic heterocycles. The van der Waals surface area contributed by atoms with Crippen LogP contribution in [0.5, 0.6) is 0 Å². The zero-order valence-electron chi connectivity index (χ0n) is 13.1. The van der Waals surface area contributed by atoms with Gasteiger partial charge in [-0.05, 0) is 30.4 Å². The van der Waals surface area contributed by atoms with Gasteiger partial charge in [0.05, 0.1) is 0 Å². The highest BCUT2D eigenvalue weighted by Crippen LogP contribution is 2.11. The van der Waals surface area contributed by atoms with E-state index in [4.69, 9.17) is 0 Å². The van der Waals surface area contributed by atoms with Crippen molar-refractivity contribution in [2.45, 2.75) is 58.5 Å². The second kappa shape index (κ2) is 7.99. The van der Waals surface area contributed by atoms with E-state index in [-0.39, 0.29) is 5.56 Å². The first kappa shape index (κ1) is 15.8. The number of rotatable bonds is 8. The van der Waals surface area contributed by atoms with E-state index in [9.17, 15) is 4.79 Å². The summed E-state index contributed by atoms with van der Waals surface area (Å²) in [6.07, 6.45) is 6.00. The van der Waals surface area contributed by atoms with Crippen LogP contribution in [0.1, 0.15) is 51.5 Å². The fourth-order valence-corrected chi connectivity index (χ4v) is 2.73. The molecule has 0 amide bonds. The molecular weight excluding hydrogens is 260 g/mol. The van der Waals surface area contributed by atoms with Crippen LogP contribution in [0, 0.1) is 0 Å². The van der Waals surface area contributed by atoms with Gasteiger partial charge in [-0.15, -0.1) is 0 Å². The molecule has 2 N–H and O–H groups in total. The Labute approximate surface area is 126 Å². The highest BCUT2D eigenvalue weighted by molar-refractivity contribution is 5.78. The molecule has 0 radical (unpaired) electrons. The standard InChI is InChI=1S/C18H26N2O/c1-3-5-10-16(8-4-2)19-13-15-12-14-9-6-7-11-17(14)20-18(15)21/h6-7,9,11-12,16,19H,3-5,8,10,13H2,1-2H3,(H,20,21). The van der Waals surface area contributed by atoms with Gasteiger partial charge in [-0.25, -0.2) is 0 Å². The van der Waals surface area contributed by atoms with Gasteiger partial charge in [-0.2, -0.15) is 0 Å². The van der Waals surface area contributed by atoms with Crippen molar-refractivity contribution in [3.05, 3.63) is 46.2 Å². The summed E-state index contributed by atoms with van der Waals surface area (Å²) >= 11 is 0. The van der Waals surface area contributed by atoms with Gasteiger partial charge in [0.1, 0.15) is 0 Å². The molecule has 2 rings (SSSR count). The number of aromatic amines is 1. The molecule has 1 unspecified atom stereocenters. The average Bonchev–Trinajstić information content (AvgIpc) is 2.50. The van der Waals surface area contributed by atoms with E-state index in [2.05, 4.69) is 24.1 Å². The molecule has 1 aromatic carbocycles. The lowest BCUT2D eigenvalue weighted by Gasteiger charge is -2.17. The van der Waals surface area contributed by atoms with E-state index in [1.165, 1.54) is 32.1 Å². The first-order valence-corrected chi connectivity index (χ1v) is 8.09. The molecule has 1 atom stereocenters. The summed E-state index contributed by atoms with van der Waals surface area (Å²) in [4.78, 5) is 15.1. The van der Waals surface area contributed by atoms with Gasteiger partial charge in [0.15, 0.2) is 0 Å². The highest BCUT2D eigenvalue weighted by atomic mass is 16.1. The molecular formula is C18H26N2O. The molecule has 0 aliphatic heterocycles. The largest absolute Gasteiger partial charge is 0.322 e. The van der Waals surface area contributed by atoms with Gasteiger partial charge in [-0.3, -0.25) is 4.79 Å². The normalized spacial score (nSPS) is 12.7. The van der Waals surface area contributed by atoms with Crippen molar-refractivity contribution in [2.24, 2.45) is 0 Å². The van der Waals surface area contributed by atoms with Gasteiger partial charge in [-0.1, -0.05) is 51.3 Å². The third-order valence-corrected chi connectivity index (χ3v) is 3.95. The molecule has 0 spiro atoms. The quantitative estimate of drug-likeness (QED) is 0.771. The lowest BCUT2D eigenvalue weighted by molar-refractivity contribution is 0.433. The maximum atomic E-state index is 12.1. The lowest BCUT2D eigenvalue weighted by Crippen LogP contribution is -2.30. The maximum absolute atomic E-state index is 12.1. The number of para-hydroxylation sites is 1. The zero-order chi connectivity index (χ0) is 15.1. The molecule has 0 saturated heterocycles. The molecule has 3 nitrogen and oxygen atoms in total. The third-order valence-electron chi connectivity index (χ3n) is 3.95. The first-order valence-electron chi connectivity index (χ1n) is 8.09. The van der Waals surface area contributed by atoms with Crippen molar-refractivity contribution >= 4 is 10.9 Å². The van der Waals surface area contributed by atoms with Crippen LogP contribution in [0.2, 0.25) is 0 Å². The molecule has 0 fully saturated rings. The van der Waals surface area contributed by atoms with Crippen LogP contribution in [0.3, 0.4) is 0 Å².